The molecule has 0 bridgehead atoms. The number of hydrogen-bond acceptors (Lipinski definition) is 2. The Balaban J connectivity index is 3.20. The van der Waals surface area contributed by atoms with Gasteiger partial charge in [0.05, 0.1) is 5.02 Å². The molecule has 1 unspecified atom stereocenters. The van der Waals surface area contributed by atoms with E-state index < -0.39 is 23.5 Å². The Bertz CT molecular complexity index is 471. The Hall–Kier alpha value is -1.42. The molecule has 92 valence electrons. The van der Waals surface area contributed by atoms with E-state index in [4.69, 9.17) is 16.7 Å². The van der Waals surface area contributed by atoms with Gasteiger partial charge in [-0.1, -0.05) is 18.5 Å². The van der Waals surface area contributed by atoms with Crippen LogP contribution in [0.2, 0.25) is 5.02 Å². The molecule has 1 aromatic rings. The SMILES string of the molecule is CCC(C(=O)O)C(=O)c1cc(F)c(C)cc1Cl. The molecule has 1 N–H and O–H groups in total. The number of aryl methyl sites for hydroxylation is 1. The van der Waals surface area contributed by atoms with E-state index in [-0.39, 0.29) is 17.0 Å². The smallest absolute Gasteiger partial charge is 0.314 e. The first kappa shape index (κ1) is 13.6. The molecule has 0 saturated carbocycles. The van der Waals surface area contributed by atoms with Crippen LogP contribution in [0, 0.1) is 18.7 Å². The van der Waals surface area contributed by atoms with Crippen LogP contribution in [0.5, 0.6) is 0 Å². The van der Waals surface area contributed by atoms with Gasteiger partial charge in [0.1, 0.15) is 11.7 Å². The number of Topliss-reactive ketones (excluding diaryl/α,β-unsaturated/α-hetero) is 1. The Morgan fingerprint density at radius 3 is 2.53 bits per heavy atom. The summed E-state index contributed by atoms with van der Waals surface area (Å²) in [6, 6.07) is 2.31. The summed E-state index contributed by atoms with van der Waals surface area (Å²) >= 11 is 5.82. The second-order valence-electron chi connectivity index (χ2n) is 3.74. The van der Waals surface area contributed by atoms with E-state index in [0.717, 1.165) is 6.07 Å². The minimum Gasteiger partial charge on any atom is -0.481 e. The number of carbonyl (C=O) groups is 2. The first-order valence-corrected chi connectivity index (χ1v) is 5.49. The van der Waals surface area contributed by atoms with Crippen LogP contribution < -0.4 is 0 Å². The highest BCUT2D eigenvalue weighted by molar-refractivity contribution is 6.34. The van der Waals surface area contributed by atoms with Crippen molar-refractivity contribution in [1.29, 1.82) is 0 Å². The molecule has 1 rings (SSSR count). The highest BCUT2D eigenvalue weighted by Crippen LogP contribution is 2.24. The lowest BCUT2D eigenvalue weighted by atomic mass is 9.94. The lowest BCUT2D eigenvalue weighted by Crippen LogP contribution is -2.23. The average molecular weight is 259 g/mol. The van der Waals surface area contributed by atoms with Gasteiger partial charge >= 0.3 is 5.97 Å². The van der Waals surface area contributed by atoms with E-state index in [1.165, 1.54) is 13.0 Å². The first-order valence-electron chi connectivity index (χ1n) is 5.11. The molecule has 0 radical (unpaired) electrons. The third-order valence-electron chi connectivity index (χ3n) is 2.54. The summed E-state index contributed by atoms with van der Waals surface area (Å²) in [6.45, 7) is 3.10. The van der Waals surface area contributed by atoms with Crippen LogP contribution >= 0.6 is 11.6 Å². The molecule has 0 amide bonds. The summed E-state index contributed by atoms with van der Waals surface area (Å²) in [4.78, 5) is 22.7. The van der Waals surface area contributed by atoms with Gasteiger partial charge in [-0.15, -0.1) is 0 Å². The molecule has 0 aliphatic carbocycles. The Kier molecular flexibility index (Phi) is 4.23. The predicted molar refractivity (Wildman–Crippen MR) is 61.9 cm³/mol. The first-order chi connectivity index (χ1) is 7.88. The maximum Gasteiger partial charge on any atom is 0.314 e. The summed E-state index contributed by atoms with van der Waals surface area (Å²) in [7, 11) is 0. The maximum atomic E-state index is 13.3. The highest BCUT2D eigenvalue weighted by atomic mass is 35.5. The number of ketones is 1. The summed E-state index contributed by atoms with van der Waals surface area (Å²) < 4.78 is 13.3. The largest absolute Gasteiger partial charge is 0.481 e. The number of rotatable bonds is 4. The van der Waals surface area contributed by atoms with E-state index in [2.05, 4.69) is 0 Å². The maximum absolute atomic E-state index is 13.3. The summed E-state index contributed by atoms with van der Waals surface area (Å²) in [5.41, 5.74) is 0.235. The van der Waals surface area contributed by atoms with Crippen LogP contribution in [-0.4, -0.2) is 16.9 Å². The lowest BCUT2D eigenvalue weighted by Gasteiger charge is -2.10. The zero-order valence-corrected chi connectivity index (χ0v) is 10.2. The van der Waals surface area contributed by atoms with Gasteiger partial charge in [0.25, 0.3) is 0 Å². The van der Waals surface area contributed by atoms with E-state index in [1.54, 1.807) is 6.92 Å². The van der Waals surface area contributed by atoms with Crippen molar-refractivity contribution in [2.45, 2.75) is 20.3 Å². The van der Waals surface area contributed by atoms with E-state index in [9.17, 15) is 14.0 Å². The molecule has 0 fully saturated rings. The average Bonchev–Trinajstić information content (AvgIpc) is 2.23. The van der Waals surface area contributed by atoms with Gasteiger partial charge in [-0.25, -0.2) is 4.39 Å². The van der Waals surface area contributed by atoms with Crippen LogP contribution in [-0.2, 0) is 4.79 Å². The molecule has 0 aliphatic heterocycles. The number of halogens is 2. The highest BCUT2D eigenvalue weighted by Gasteiger charge is 2.27. The molecule has 0 spiro atoms. The molecule has 1 atom stereocenters. The molecule has 1 aromatic carbocycles. The van der Waals surface area contributed by atoms with Gasteiger partial charge in [-0.05, 0) is 31.0 Å². The predicted octanol–water partition coefficient (Wildman–Crippen LogP) is 3.08. The molecular formula is C12H12ClFO3. The van der Waals surface area contributed by atoms with Gasteiger partial charge in [-0.3, -0.25) is 9.59 Å². The molecule has 17 heavy (non-hydrogen) atoms. The third kappa shape index (κ3) is 2.82. The van der Waals surface area contributed by atoms with Gasteiger partial charge in [0, 0.05) is 5.56 Å². The van der Waals surface area contributed by atoms with Crippen molar-refractivity contribution >= 4 is 23.4 Å². The van der Waals surface area contributed by atoms with Crippen molar-refractivity contribution in [3.63, 3.8) is 0 Å². The van der Waals surface area contributed by atoms with Crippen molar-refractivity contribution in [2.24, 2.45) is 5.92 Å². The van der Waals surface area contributed by atoms with Crippen LogP contribution in [0.1, 0.15) is 29.3 Å². The standard InChI is InChI=1S/C12H12ClFO3/c1-3-7(12(16)17)11(15)8-5-10(14)6(2)4-9(8)13/h4-5,7H,3H2,1-2H3,(H,16,17). The van der Waals surface area contributed by atoms with Crippen LogP contribution in [0.4, 0.5) is 4.39 Å². The number of carbonyl (C=O) groups excluding carboxylic acids is 1. The Morgan fingerprint density at radius 1 is 1.47 bits per heavy atom. The molecule has 0 aromatic heterocycles. The number of benzene rings is 1. The zero-order chi connectivity index (χ0) is 13.2. The fourth-order valence-corrected chi connectivity index (χ4v) is 1.81. The van der Waals surface area contributed by atoms with Crippen molar-refractivity contribution in [3.8, 4) is 0 Å². The zero-order valence-electron chi connectivity index (χ0n) is 9.46. The topological polar surface area (TPSA) is 54.4 Å². The van der Waals surface area contributed by atoms with Crippen molar-refractivity contribution in [1.82, 2.24) is 0 Å². The number of hydrogen-bond donors (Lipinski definition) is 1. The van der Waals surface area contributed by atoms with Gasteiger partial charge in [0.2, 0.25) is 0 Å². The normalized spacial score (nSPS) is 12.2. The van der Waals surface area contributed by atoms with Crippen LogP contribution in [0.15, 0.2) is 12.1 Å². The van der Waals surface area contributed by atoms with E-state index in [0.29, 0.717) is 5.56 Å². The quantitative estimate of drug-likeness (QED) is 0.667. The second kappa shape index (κ2) is 5.27. The van der Waals surface area contributed by atoms with Crippen molar-refractivity contribution in [3.05, 3.63) is 34.1 Å². The minimum atomic E-state index is -1.23. The van der Waals surface area contributed by atoms with Gasteiger partial charge in [-0.2, -0.15) is 0 Å². The van der Waals surface area contributed by atoms with Crippen LogP contribution in [0.25, 0.3) is 0 Å². The Labute approximate surface area is 103 Å². The van der Waals surface area contributed by atoms with E-state index in [1.807, 2.05) is 0 Å². The lowest BCUT2D eigenvalue weighted by molar-refractivity contribution is -0.140. The summed E-state index contributed by atoms with van der Waals surface area (Å²) in [5.74, 6) is -3.65. The number of carboxylic acids is 1. The minimum absolute atomic E-state index is 0.0774. The van der Waals surface area contributed by atoms with Crippen molar-refractivity contribution in [2.75, 3.05) is 0 Å². The Morgan fingerprint density at radius 2 is 2.06 bits per heavy atom. The molecule has 3 nitrogen and oxygen atoms in total. The number of carboxylic acid groups (broad SMARTS) is 1. The molecular weight excluding hydrogens is 247 g/mol. The molecule has 0 saturated heterocycles. The van der Waals surface area contributed by atoms with Crippen LogP contribution in [0.3, 0.4) is 0 Å². The monoisotopic (exact) mass is 258 g/mol. The summed E-state index contributed by atoms with van der Waals surface area (Å²) in [6.07, 6.45) is 0.139. The molecule has 5 heteroatoms. The second-order valence-corrected chi connectivity index (χ2v) is 4.15. The van der Waals surface area contributed by atoms with Gasteiger partial charge < -0.3 is 5.11 Å². The van der Waals surface area contributed by atoms with Gasteiger partial charge in [0.15, 0.2) is 5.78 Å². The summed E-state index contributed by atoms with van der Waals surface area (Å²) in [5, 5.41) is 8.94. The van der Waals surface area contributed by atoms with E-state index >= 15 is 0 Å². The molecule has 0 heterocycles. The fourth-order valence-electron chi connectivity index (χ4n) is 1.49. The third-order valence-corrected chi connectivity index (χ3v) is 2.85. The fraction of sp³-hybridized carbons (Fsp3) is 0.333. The number of aliphatic carboxylic acids is 1. The molecule has 0 aliphatic rings. The van der Waals surface area contributed by atoms with Crippen molar-refractivity contribution < 1.29 is 19.1 Å².